The predicted molar refractivity (Wildman–Crippen MR) is 84.2 cm³/mol. The molecule has 0 amide bonds. The van der Waals surface area contributed by atoms with E-state index in [4.69, 9.17) is 4.74 Å². The standard InChI is InChI=1S/C16H22F3NO3S/c1-2-3-13-4-6-15(7-5-13)24(21,22)20(12-16(17,18)19)14-8-10-23-11-9-14/h4-7,14H,2-3,8-12H2,1H3. The van der Waals surface area contributed by atoms with Crippen molar-refractivity contribution in [1.29, 1.82) is 0 Å². The highest BCUT2D eigenvalue weighted by Crippen LogP contribution is 2.28. The fourth-order valence-electron chi connectivity index (χ4n) is 2.81. The molecule has 0 atom stereocenters. The Morgan fingerprint density at radius 1 is 1.17 bits per heavy atom. The zero-order chi connectivity index (χ0) is 17.8. The number of aryl methyl sites for hydroxylation is 1. The van der Waals surface area contributed by atoms with Crippen LogP contribution < -0.4 is 0 Å². The molecule has 0 spiro atoms. The summed E-state index contributed by atoms with van der Waals surface area (Å²) in [6.07, 6.45) is -2.35. The molecule has 1 saturated heterocycles. The van der Waals surface area contributed by atoms with Gasteiger partial charge in [-0.3, -0.25) is 0 Å². The van der Waals surface area contributed by atoms with Gasteiger partial charge in [0.2, 0.25) is 10.0 Å². The number of rotatable bonds is 6. The minimum absolute atomic E-state index is 0.0990. The van der Waals surface area contributed by atoms with Gasteiger partial charge in [-0.25, -0.2) is 8.42 Å². The topological polar surface area (TPSA) is 46.6 Å². The van der Waals surface area contributed by atoms with Crippen LogP contribution in [0, 0.1) is 0 Å². The Balaban J connectivity index is 2.31. The van der Waals surface area contributed by atoms with Gasteiger partial charge in [-0.15, -0.1) is 0 Å². The Morgan fingerprint density at radius 2 is 1.75 bits per heavy atom. The molecule has 8 heteroatoms. The van der Waals surface area contributed by atoms with Gasteiger partial charge in [-0.2, -0.15) is 17.5 Å². The molecule has 1 heterocycles. The third kappa shape index (κ3) is 4.94. The maximum atomic E-state index is 12.9. The summed E-state index contributed by atoms with van der Waals surface area (Å²) in [5.74, 6) is 0. The molecule has 0 N–H and O–H groups in total. The number of hydrogen-bond donors (Lipinski definition) is 0. The van der Waals surface area contributed by atoms with Crippen LogP contribution in [0.4, 0.5) is 13.2 Å². The Bertz CT molecular complexity index is 623. The molecule has 136 valence electrons. The molecular formula is C16H22F3NO3S. The maximum absolute atomic E-state index is 12.9. The number of alkyl halides is 3. The van der Waals surface area contributed by atoms with E-state index >= 15 is 0 Å². The number of halogens is 3. The summed E-state index contributed by atoms with van der Waals surface area (Å²) >= 11 is 0. The quantitative estimate of drug-likeness (QED) is 0.777. The molecule has 1 aromatic carbocycles. The Hall–Kier alpha value is -1.12. The molecule has 2 rings (SSSR count). The van der Waals surface area contributed by atoms with Gasteiger partial charge in [0.15, 0.2) is 0 Å². The number of sulfonamides is 1. The fourth-order valence-corrected chi connectivity index (χ4v) is 4.48. The lowest BCUT2D eigenvalue weighted by Gasteiger charge is -2.33. The average molecular weight is 365 g/mol. The summed E-state index contributed by atoms with van der Waals surface area (Å²) < 4.78 is 70.1. The lowest BCUT2D eigenvalue weighted by atomic mass is 10.1. The molecule has 0 saturated carbocycles. The first-order valence-electron chi connectivity index (χ1n) is 7.99. The first-order chi connectivity index (χ1) is 11.2. The first kappa shape index (κ1) is 19.2. The van der Waals surface area contributed by atoms with Crippen molar-refractivity contribution in [3.8, 4) is 0 Å². The highest BCUT2D eigenvalue weighted by Gasteiger charge is 2.41. The molecule has 1 aromatic rings. The van der Waals surface area contributed by atoms with Crippen molar-refractivity contribution in [2.75, 3.05) is 19.8 Å². The molecule has 0 bridgehead atoms. The van der Waals surface area contributed by atoms with Crippen molar-refractivity contribution in [2.45, 2.75) is 49.7 Å². The molecule has 0 aromatic heterocycles. The third-order valence-electron chi connectivity index (χ3n) is 4.00. The SMILES string of the molecule is CCCc1ccc(S(=O)(=O)N(CC(F)(F)F)C2CCOCC2)cc1. The van der Waals surface area contributed by atoms with E-state index in [0.717, 1.165) is 18.4 Å². The molecular weight excluding hydrogens is 343 g/mol. The Morgan fingerprint density at radius 3 is 2.25 bits per heavy atom. The van der Waals surface area contributed by atoms with Gasteiger partial charge in [0.1, 0.15) is 6.54 Å². The second-order valence-corrected chi connectivity index (χ2v) is 7.79. The van der Waals surface area contributed by atoms with Gasteiger partial charge in [-0.1, -0.05) is 25.5 Å². The number of benzene rings is 1. The van der Waals surface area contributed by atoms with Crippen LogP contribution in [0.3, 0.4) is 0 Å². The number of nitrogens with zero attached hydrogens (tertiary/aromatic N) is 1. The van der Waals surface area contributed by atoms with Gasteiger partial charge in [0.25, 0.3) is 0 Å². The second kappa shape index (κ2) is 7.84. The smallest absolute Gasteiger partial charge is 0.381 e. The lowest BCUT2D eigenvalue weighted by Crippen LogP contribution is -2.47. The molecule has 0 radical (unpaired) electrons. The normalized spacial score (nSPS) is 17.4. The minimum Gasteiger partial charge on any atom is -0.381 e. The Kier molecular flexibility index (Phi) is 6.28. The van der Waals surface area contributed by atoms with E-state index in [-0.39, 0.29) is 31.0 Å². The summed E-state index contributed by atoms with van der Waals surface area (Å²) in [5, 5.41) is 0. The van der Waals surface area contributed by atoms with Crippen LogP contribution in [0.2, 0.25) is 0 Å². The van der Waals surface area contributed by atoms with E-state index in [9.17, 15) is 21.6 Å². The largest absolute Gasteiger partial charge is 0.402 e. The number of ether oxygens (including phenoxy) is 1. The Labute approximate surface area is 140 Å². The van der Waals surface area contributed by atoms with E-state index in [1.165, 1.54) is 12.1 Å². The van der Waals surface area contributed by atoms with E-state index in [2.05, 4.69) is 0 Å². The van der Waals surface area contributed by atoms with Crippen LogP contribution in [-0.2, 0) is 21.2 Å². The van der Waals surface area contributed by atoms with Gasteiger partial charge < -0.3 is 4.74 Å². The first-order valence-corrected chi connectivity index (χ1v) is 9.43. The van der Waals surface area contributed by atoms with Crippen molar-refractivity contribution in [3.05, 3.63) is 29.8 Å². The van der Waals surface area contributed by atoms with Crippen LogP contribution in [0.15, 0.2) is 29.2 Å². The van der Waals surface area contributed by atoms with Gasteiger partial charge in [0, 0.05) is 19.3 Å². The van der Waals surface area contributed by atoms with Gasteiger partial charge >= 0.3 is 6.18 Å². The van der Waals surface area contributed by atoms with Gasteiger partial charge in [-0.05, 0) is 37.0 Å². The van der Waals surface area contributed by atoms with E-state index in [0.29, 0.717) is 4.31 Å². The van der Waals surface area contributed by atoms with Crippen LogP contribution in [0.5, 0.6) is 0 Å². The zero-order valence-corrected chi connectivity index (χ0v) is 14.4. The molecule has 1 fully saturated rings. The van der Waals surface area contributed by atoms with Crippen LogP contribution in [-0.4, -0.2) is 44.7 Å². The molecule has 1 aliphatic heterocycles. The highest BCUT2D eigenvalue weighted by molar-refractivity contribution is 7.89. The number of hydrogen-bond acceptors (Lipinski definition) is 3. The van der Waals surface area contributed by atoms with Crippen LogP contribution in [0.25, 0.3) is 0 Å². The molecule has 4 nitrogen and oxygen atoms in total. The van der Waals surface area contributed by atoms with E-state index in [1.54, 1.807) is 12.1 Å². The molecule has 0 aliphatic carbocycles. The van der Waals surface area contributed by atoms with Crippen molar-refractivity contribution >= 4 is 10.0 Å². The zero-order valence-electron chi connectivity index (χ0n) is 13.6. The summed E-state index contributed by atoms with van der Waals surface area (Å²) in [7, 11) is -4.21. The summed E-state index contributed by atoms with van der Waals surface area (Å²) in [5.41, 5.74) is 0.963. The monoisotopic (exact) mass is 365 g/mol. The van der Waals surface area contributed by atoms with E-state index in [1.807, 2.05) is 6.92 Å². The maximum Gasteiger partial charge on any atom is 0.402 e. The third-order valence-corrected chi connectivity index (χ3v) is 5.91. The molecule has 1 aliphatic rings. The van der Waals surface area contributed by atoms with Crippen LogP contribution >= 0.6 is 0 Å². The van der Waals surface area contributed by atoms with Crippen molar-refractivity contribution in [3.63, 3.8) is 0 Å². The second-order valence-electron chi connectivity index (χ2n) is 5.90. The summed E-state index contributed by atoms with van der Waals surface area (Å²) in [4.78, 5) is -0.0990. The minimum atomic E-state index is -4.59. The molecule has 0 unspecified atom stereocenters. The van der Waals surface area contributed by atoms with Crippen molar-refractivity contribution < 1.29 is 26.3 Å². The highest BCUT2D eigenvalue weighted by atomic mass is 32.2. The van der Waals surface area contributed by atoms with Crippen LogP contribution in [0.1, 0.15) is 31.7 Å². The lowest BCUT2D eigenvalue weighted by molar-refractivity contribution is -0.141. The summed E-state index contributed by atoms with van der Waals surface area (Å²) in [6.45, 7) is 1.06. The average Bonchev–Trinajstić information content (AvgIpc) is 2.53. The summed E-state index contributed by atoms with van der Waals surface area (Å²) in [6, 6.07) is 5.41. The molecule has 24 heavy (non-hydrogen) atoms. The fraction of sp³-hybridized carbons (Fsp3) is 0.625. The van der Waals surface area contributed by atoms with E-state index < -0.39 is 28.8 Å². The van der Waals surface area contributed by atoms with Crippen molar-refractivity contribution in [2.24, 2.45) is 0 Å². The predicted octanol–water partition coefficient (Wildman–Crippen LogP) is 3.37. The van der Waals surface area contributed by atoms with Gasteiger partial charge in [0.05, 0.1) is 4.90 Å². The van der Waals surface area contributed by atoms with Crippen molar-refractivity contribution in [1.82, 2.24) is 4.31 Å².